The molecule has 2 fully saturated rings. The number of aliphatic carboxylic acids is 1. The van der Waals surface area contributed by atoms with Crippen LogP contribution in [0.1, 0.15) is 59.3 Å². The van der Waals surface area contributed by atoms with Crippen LogP contribution in [-0.2, 0) is 4.79 Å². The Morgan fingerprint density at radius 3 is 2.47 bits per heavy atom. The van der Waals surface area contributed by atoms with Crippen molar-refractivity contribution in [1.29, 1.82) is 0 Å². The molecule has 1 N–H and O–H groups in total. The van der Waals surface area contributed by atoms with E-state index in [9.17, 15) is 9.90 Å². The lowest BCUT2D eigenvalue weighted by molar-refractivity contribution is -0.155. The van der Waals surface area contributed by atoms with Gasteiger partial charge < -0.3 is 5.11 Å². The van der Waals surface area contributed by atoms with E-state index in [-0.39, 0.29) is 0 Å². The summed E-state index contributed by atoms with van der Waals surface area (Å²) < 4.78 is 0. The summed E-state index contributed by atoms with van der Waals surface area (Å²) in [7, 11) is 0. The van der Waals surface area contributed by atoms with E-state index < -0.39 is 11.5 Å². The Morgan fingerprint density at radius 1 is 1.24 bits per heavy atom. The Bertz CT molecular complexity index is 313. The van der Waals surface area contributed by atoms with Gasteiger partial charge in [-0.1, -0.05) is 13.8 Å². The van der Waals surface area contributed by atoms with Crippen LogP contribution in [0.25, 0.3) is 0 Å². The molecule has 3 heteroatoms. The third kappa shape index (κ3) is 2.35. The summed E-state index contributed by atoms with van der Waals surface area (Å²) >= 11 is 0. The molecule has 0 amide bonds. The first-order chi connectivity index (χ1) is 7.85. The van der Waals surface area contributed by atoms with Crippen molar-refractivity contribution in [3.8, 4) is 0 Å². The van der Waals surface area contributed by atoms with Crippen LogP contribution in [0.15, 0.2) is 0 Å². The van der Waals surface area contributed by atoms with Crippen molar-refractivity contribution in [3.05, 3.63) is 0 Å². The Hall–Kier alpha value is -0.570. The molecule has 0 bridgehead atoms. The van der Waals surface area contributed by atoms with Crippen molar-refractivity contribution in [2.45, 2.75) is 70.9 Å². The second-order valence-corrected chi connectivity index (χ2v) is 6.79. The highest BCUT2D eigenvalue weighted by Crippen LogP contribution is 2.43. The molecule has 0 radical (unpaired) electrons. The number of carboxylic acid groups (broad SMARTS) is 1. The molecule has 1 heterocycles. The molecule has 1 saturated carbocycles. The fraction of sp³-hybridized carbons (Fsp3) is 0.929. The smallest absolute Gasteiger partial charge is 0.323 e. The number of hydrogen-bond acceptors (Lipinski definition) is 2. The minimum atomic E-state index is -0.637. The molecule has 2 rings (SSSR count). The second-order valence-electron chi connectivity index (χ2n) is 6.79. The molecule has 2 unspecified atom stereocenters. The van der Waals surface area contributed by atoms with Crippen LogP contribution in [0.4, 0.5) is 0 Å². The van der Waals surface area contributed by atoms with Crippen LogP contribution in [0.3, 0.4) is 0 Å². The van der Waals surface area contributed by atoms with Gasteiger partial charge in [0.1, 0.15) is 5.54 Å². The number of likely N-dealkylation sites (tertiary alicyclic amines) is 1. The molecule has 0 aromatic heterocycles. The van der Waals surface area contributed by atoms with E-state index in [2.05, 4.69) is 18.7 Å². The molecule has 2 atom stereocenters. The molecular weight excluding hydrogens is 214 g/mol. The third-order valence-electron chi connectivity index (χ3n) is 4.79. The minimum Gasteiger partial charge on any atom is -0.480 e. The zero-order chi connectivity index (χ0) is 12.7. The summed E-state index contributed by atoms with van der Waals surface area (Å²) in [6.45, 7) is 7.48. The van der Waals surface area contributed by atoms with Crippen molar-refractivity contribution in [2.75, 3.05) is 6.54 Å². The van der Waals surface area contributed by atoms with Crippen LogP contribution in [0.2, 0.25) is 0 Å². The van der Waals surface area contributed by atoms with Gasteiger partial charge in [-0.25, -0.2) is 0 Å². The first-order valence-electron chi connectivity index (χ1n) is 6.85. The number of piperidine rings is 1. The molecule has 0 spiro atoms. The van der Waals surface area contributed by atoms with Crippen molar-refractivity contribution >= 4 is 5.97 Å². The quantitative estimate of drug-likeness (QED) is 0.805. The van der Waals surface area contributed by atoms with Gasteiger partial charge in [0, 0.05) is 6.04 Å². The summed E-state index contributed by atoms with van der Waals surface area (Å²) in [5, 5.41) is 9.52. The molecule has 0 aromatic rings. The highest BCUT2D eigenvalue weighted by atomic mass is 16.4. The van der Waals surface area contributed by atoms with Gasteiger partial charge in [-0.3, -0.25) is 9.69 Å². The van der Waals surface area contributed by atoms with Gasteiger partial charge in [-0.2, -0.15) is 0 Å². The molecule has 1 aliphatic carbocycles. The molecule has 1 saturated heterocycles. The highest BCUT2D eigenvalue weighted by molar-refractivity contribution is 5.78. The number of rotatable bonds is 2. The lowest BCUT2D eigenvalue weighted by Crippen LogP contribution is -2.58. The summed E-state index contributed by atoms with van der Waals surface area (Å²) in [6.07, 6.45) is 6.55. The average Bonchev–Trinajstić information content (AvgIpc) is 2.59. The Kier molecular flexibility index (Phi) is 3.23. The lowest BCUT2D eigenvalue weighted by Gasteiger charge is -2.45. The van der Waals surface area contributed by atoms with Gasteiger partial charge in [0.25, 0.3) is 0 Å². The molecule has 3 nitrogen and oxygen atoms in total. The van der Waals surface area contributed by atoms with Gasteiger partial charge in [0.15, 0.2) is 0 Å². The van der Waals surface area contributed by atoms with E-state index in [4.69, 9.17) is 0 Å². The van der Waals surface area contributed by atoms with Crippen LogP contribution in [0.5, 0.6) is 0 Å². The van der Waals surface area contributed by atoms with E-state index in [1.165, 1.54) is 6.42 Å². The van der Waals surface area contributed by atoms with Crippen molar-refractivity contribution in [3.63, 3.8) is 0 Å². The molecule has 0 aromatic carbocycles. The predicted octanol–water partition coefficient (Wildman–Crippen LogP) is 2.89. The van der Waals surface area contributed by atoms with Crippen LogP contribution in [0, 0.1) is 5.41 Å². The third-order valence-corrected chi connectivity index (χ3v) is 4.79. The zero-order valence-corrected chi connectivity index (χ0v) is 11.3. The molecule has 17 heavy (non-hydrogen) atoms. The molecule has 98 valence electrons. The van der Waals surface area contributed by atoms with E-state index in [0.717, 1.165) is 38.6 Å². The van der Waals surface area contributed by atoms with Gasteiger partial charge in [0.2, 0.25) is 0 Å². The Morgan fingerprint density at radius 2 is 1.94 bits per heavy atom. The van der Waals surface area contributed by atoms with Gasteiger partial charge in [-0.15, -0.1) is 0 Å². The summed E-state index contributed by atoms with van der Waals surface area (Å²) in [6, 6.07) is 0.478. The Balaban J connectivity index is 2.15. The van der Waals surface area contributed by atoms with Crippen LogP contribution < -0.4 is 0 Å². The average molecular weight is 239 g/mol. The van der Waals surface area contributed by atoms with E-state index in [1.54, 1.807) is 0 Å². The predicted molar refractivity (Wildman–Crippen MR) is 68.0 cm³/mol. The topological polar surface area (TPSA) is 40.5 Å². The van der Waals surface area contributed by atoms with E-state index in [0.29, 0.717) is 11.5 Å². The zero-order valence-electron chi connectivity index (χ0n) is 11.3. The van der Waals surface area contributed by atoms with Crippen LogP contribution in [-0.4, -0.2) is 34.1 Å². The first-order valence-corrected chi connectivity index (χ1v) is 6.85. The summed E-state index contributed by atoms with van der Waals surface area (Å²) in [5.41, 5.74) is -0.231. The SMILES string of the molecule is CC1(C)CCC(N2CCCCC2(C)C(=O)O)C1. The number of carbonyl (C=O) groups is 1. The summed E-state index contributed by atoms with van der Waals surface area (Å²) in [4.78, 5) is 13.8. The molecule has 2 aliphatic rings. The largest absolute Gasteiger partial charge is 0.480 e. The number of nitrogens with zero attached hydrogens (tertiary/aromatic N) is 1. The van der Waals surface area contributed by atoms with E-state index in [1.807, 2.05) is 6.92 Å². The fourth-order valence-electron chi connectivity index (χ4n) is 3.62. The molecule has 1 aliphatic heterocycles. The second kappa shape index (κ2) is 4.27. The standard InChI is InChI=1S/C14H25NO2/c1-13(2)8-6-11(10-13)15-9-5-4-7-14(15,3)12(16)17/h11H,4-10H2,1-3H3,(H,16,17). The molecular formula is C14H25NO2. The van der Waals surface area contributed by atoms with Crippen molar-refractivity contribution < 1.29 is 9.90 Å². The van der Waals surface area contributed by atoms with Gasteiger partial charge in [-0.05, 0) is 57.4 Å². The first kappa shape index (κ1) is 12.9. The summed E-state index contributed by atoms with van der Waals surface area (Å²) in [5.74, 6) is -0.637. The lowest BCUT2D eigenvalue weighted by atomic mass is 9.85. The monoisotopic (exact) mass is 239 g/mol. The minimum absolute atomic E-state index is 0.390. The van der Waals surface area contributed by atoms with Crippen molar-refractivity contribution in [2.24, 2.45) is 5.41 Å². The van der Waals surface area contributed by atoms with E-state index >= 15 is 0 Å². The van der Waals surface area contributed by atoms with Crippen LogP contribution >= 0.6 is 0 Å². The van der Waals surface area contributed by atoms with Crippen molar-refractivity contribution in [1.82, 2.24) is 4.90 Å². The number of carboxylic acids is 1. The fourth-order valence-corrected chi connectivity index (χ4v) is 3.62. The maximum atomic E-state index is 11.6. The van der Waals surface area contributed by atoms with Gasteiger partial charge in [0.05, 0.1) is 0 Å². The Labute approximate surface area is 104 Å². The van der Waals surface area contributed by atoms with Gasteiger partial charge >= 0.3 is 5.97 Å². The maximum Gasteiger partial charge on any atom is 0.323 e. The number of hydrogen-bond donors (Lipinski definition) is 1. The highest BCUT2D eigenvalue weighted by Gasteiger charge is 2.47. The normalized spacial score (nSPS) is 38.2. The maximum absolute atomic E-state index is 11.6.